The number of aromatic nitrogens is 1. The van der Waals surface area contributed by atoms with E-state index >= 15 is 0 Å². The summed E-state index contributed by atoms with van der Waals surface area (Å²) in [5.74, 6) is -0.117. The van der Waals surface area contributed by atoms with E-state index in [4.69, 9.17) is 4.84 Å². The van der Waals surface area contributed by atoms with Crippen LogP contribution in [0.5, 0.6) is 0 Å². The first kappa shape index (κ1) is 26.5. The first-order chi connectivity index (χ1) is 19.1. The number of nitrogens with one attached hydrogen (secondary N) is 3. The fourth-order valence-corrected chi connectivity index (χ4v) is 4.57. The largest absolute Gasteiger partial charge is 0.325 e. The second-order valence-corrected chi connectivity index (χ2v) is 9.58. The third-order valence-electron chi connectivity index (χ3n) is 6.73. The molecule has 2 amide bonds. The molecule has 5 rings (SSSR count). The average molecular weight is 524 g/mol. The minimum atomic E-state index is -0.476. The number of benzene rings is 2. The lowest BCUT2D eigenvalue weighted by Crippen LogP contribution is -2.40. The van der Waals surface area contributed by atoms with Crippen LogP contribution in [0, 0.1) is 0 Å². The van der Waals surface area contributed by atoms with Crippen molar-refractivity contribution in [1.82, 2.24) is 15.4 Å². The Morgan fingerprint density at radius 1 is 0.949 bits per heavy atom. The average Bonchev–Trinajstić information content (AvgIpc) is 3.67. The molecule has 0 unspecified atom stereocenters. The number of nitrogens with zero attached hydrogens (tertiary/aromatic N) is 2. The van der Waals surface area contributed by atoms with Crippen molar-refractivity contribution in [2.45, 2.75) is 31.3 Å². The Morgan fingerprint density at radius 2 is 1.64 bits per heavy atom. The van der Waals surface area contributed by atoms with Crippen LogP contribution in [0.25, 0.3) is 12.2 Å². The minimum absolute atomic E-state index is 0.0211. The number of pyridine rings is 1. The van der Waals surface area contributed by atoms with E-state index in [0.717, 1.165) is 47.6 Å². The Labute approximate surface area is 228 Å². The van der Waals surface area contributed by atoms with Gasteiger partial charge < -0.3 is 16.0 Å². The summed E-state index contributed by atoms with van der Waals surface area (Å²) in [4.78, 5) is 35.3. The van der Waals surface area contributed by atoms with Gasteiger partial charge in [0.2, 0.25) is 11.8 Å². The number of carbonyl (C=O) groups is 2. The molecule has 0 spiro atoms. The lowest BCUT2D eigenvalue weighted by Gasteiger charge is -2.23. The second kappa shape index (κ2) is 13.1. The van der Waals surface area contributed by atoms with Gasteiger partial charge in [0.05, 0.1) is 12.6 Å². The molecule has 200 valence electrons. The maximum absolute atomic E-state index is 12.9. The van der Waals surface area contributed by atoms with Crippen LogP contribution in [-0.2, 0) is 20.8 Å². The number of hydrogen-bond donors (Lipinski definition) is 3. The molecular weight excluding hydrogens is 490 g/mol. The Kier molecular flexibility index (Phi) is 8.90. The van der Waals surface area contributed by atoms with E-state index in [0.29, 0.717) is 19.6 Å². The molecule has 3 heterocycles. The molecule has 2 aliphatic rings. The van der Waals surface area contributed by atoms with Crippen molar-refractivity contribution in [3.63, 3.8) is 0 Å². The zero-order valence-electron chi connectivity index (χ0n) is 21.8. The van der Waals surface area contributed by atoms with Gasteiger partial charge in [-0.05, 0) is 66.9 Å². The number of anilines is 2. The van der Waals surface area contributed by atoms with Gasteiger partial charge in [-0.3, -0.25) is 19.4 Å². The Morgan fingerprint density at radius 3 is 2.26 bits per heavy atom. The molecule has 2 aliphatic heterocycles. The monoisotopic (exact) mass is 523 g/mol. The van der Waals surface area contributed by atoms with Crippen molar-refractivity contribution in [3.8, 4) is 0 Å². The van der Waals surface area contributed by atoms with Gasteiger partial charge in [-0.15, -0.1) is 0 Å². The van der Waals surface area contributed by atoms with Gasteiger partial charge in [0.25, 0.3) is 0 Å². The molecule has 0 radical (unpaired) electrons. The number of amides is 2. The first-order valence-corrected chi connectivity index (χ1v) is 13.3. The maximum atomic E-state index is 12.9. The zero-order valence-corrected chi connectivity index (χ0v) is 21.8. The number of carbonyl (C=O) groups excluding carboxylic acids is 2. The molecule has 3 aromatic rings. The highest BCUT2D eigenvalue weighted by Gasteiger charge is 2.27. The summed E-state index contributed by atoms with van der Waals surface area (Å²) in [7, 11) is 0. The van der Waals surface area contributed by atoms with E-state index in [9.17, 15) is 9.59 Å². The second-order valence-electron chi connectivity index (χ2n) is 9.58. The van der Waals surface area contributed by atoms with Crippen LogP contribution < -0.4 is 16.0 Å². The fourth-order valence-electron chi connectivity index (χ4n) is 4.57. The predicted molar refractivity (Wildman–Crippen MR) is 154 cm³/mol. The molecule has 0 saturated carbocycles. The van der Waals surface area contributed by atoms with E-state index in [2.05, 4.69) is 20.9 Å². The lowest BCUT2D eigenvalue weighted by molar-refractivity contribution is -0.169. The van der Waals surface area contributed by atoms with E-state index < -0.39 is 6.04 Å². The van der Waals surface area contributed by atoms with Gasteiger partial charge in [0, 0.05) is 36.2 Å². The molecule has 1 aromatic heterocycles. The summed E-state index contributed by atoms with van der Waals surface area (Å²) in [6.45, 7) is 1.92. The highest BCUT2D eigenvalue weighted by Crippen LogP contribution is 2.18. The van der Waals surface area contributed by atoms with Gasteiger partial charge in [0.15, 0.2) is 0 Å². The molecule has 3 N–H and O–H groups in total. The summed E-state index contributed by atoms with van der Waals surface area (Å²) in [6.07, 6.45) is 12.2. The third-order valence-corrected chi connectivity index (χ3v) is 6.73. The first-order valence-electron chi connectivity index (χ1n) is 13.3. The molecule has 0 aliphatic carbocycles. The minimum Gasteiger partial charge on any atom is -0.325 e. The molecule has 39 heavy (non-hydrogen) atoms. The Balaban J connectivity index is 1.09. The Bertz CT molecular complexity index is 1300. The van der Waals surface area contributed by atoms with E-state index in [1.165, 1.54) is 0 Å². The summed E-state index contributed by atoms with van der Waals surface area (Å²) in [5.41, 5.74) is 4.51. The molecule has 1 saturated heterocycles. The fraction of sp³-hybridized carbons (Fsp3) is 0.258. The molecule has 0 bridgehead atoms. The van der Waals surface area contributed by atoms with Crippen molar-refractivity contribution < 1.29 is 14.4 Å². The molecule has 1 fully saturated rings. The van der Waals surface area contributed by atoms with E-state index in [1.54, 1.807) is 11.3 Å². The summed E-state index contributed by atoms with van der Waals surface area (Å²) >= 11 is 0. The molecular formula is C31H33N5O3. The summed E-state index contributed by atoms with van der Waals surface area (Å²) < 4.78 is 0. The molecule has 8 nitrogen and oxygen atoms in total. The number of hydroxylamine groups is 2. The van der Waals surface area contributed by atoms with Crippen LogP contribution in [0.1, 0.15) is 29.7 Å². The van der Waals surface area contributed by atoms with E-state index in [-0.39, 0.29) is 17.9 Å². The number of rotatable bonds is 10. The third kappa shape index (κ3) is 7.48. The lowest BCUT2D eigenvalue weighted by atomic mass is 10.1. The van der Waals surface area contributed by atoms with E-state index in [1.807, 2.05) is 91.0 Å². The van der Waals surface area contributed by atoms with Crippen molar-refractivity contribution in [2.75, 3.05) is 30.3 Å². The van der Waals surface area contributed by atoms with Crippen LogP contribution in [-0.4, -0.2) is 53.6 Å². The van der Waals surface area contributed by atoms with Crippen molar-refractivity contribution in [3.05, 3.63) is 102 Å². The molecule has 2 aromatic carbocycles. The van der Waals surface area contributed by atoms with Gasteiger partial charge in [-0.1, -0.05) is 54.6 Å². The highest BCUT2D eigenvalue weighted by atomic mass is 16.7. The van der Waals surface area contributed by atoms with Crippen molar-refractivity contribution in [2.24, 2.45) is 0 Å². The zero-order chi connectivity index (χ0) is 26.9. The van der Waals surface area contributed by atoms with Crippen molar-refractivity contribution in [1.29, 1.82) is 0 Å². The summed E-state index contributed by atoms with van der Waals surface area (Å²) in [6, 6.07) is 20.7. The van der Waals surface area contributed by atoms with Crippen LogP contribution in [0.15, 0.2) is 85.1 Å². The predicted octanol–water partition coefficient (Wildman–Crippen LogP) is 4.30. The van der Waals surface area contributed by atoms with Gasteiger partial charge in [0.1, 0.15) is 6.04 Å². The normalized spacial score (nSPS) is 19.0. The van der Waals surface area contributed by atoms with Crippen LogP contribution in [0.3, 0.4) is 0 Å². The topological polar surface area (TPSA) is 95.6 Å². The number of hydrogen-bond acceptors (Lipinski definition) is 6. The molecule has 2 atom stereocenters. The molecule has 8 heteroatoms. The standard InChI is InChI=1S/C31H33N5O3/c37-30(28-6-3-20-33-28)34-26-14-10-23(11-15-26)8-9-24-12-16-27(17-13-24)35-31(38)29-7-4-21-36(29)39-22-18-25-5-1-2-19-32-25/h1-2,4-5,7-17,19,28-29,33H,3,6,18,20-22H2,(H,34,37)(H,35,38)/b9-8+/t28-,29-/m0/s1. The Hall–Kier alpha value is -4.11. The van der Waals surface area contributed by atoms with Gasteiger partial charge in [-0.25, -0.2) is 0 Å². The maximum Gasteiger partial charge on any atom is 0.248 e. The van der Waals surface area contributed by atoms with Gasteiger partial charge >= 0.3 is 0 Å². The summed E-state index contributed by atoms with van der Waals surface area (Å²) in [5, 5.41) is 10.8. The van der Waals surface area contributed by atoms with Crippen molar-refractivity contribution >= 4 is 35.3 Å². The smallest absolute Gasteiger partial charge is 0.248 e. The quantitative estimate of drug-likeness (QED) is 0.271. The SMILES string of the molecule is O=C(Nc1ccc(/C=C/c2ccc(NC(=O)[C@@H]3C=CCN3OCCc3ccccn3)cc2)cc1)[C@@H]1CCCN1. The highest BCUT2D eigenvalue weighted by molar-refractivity contribution is 5.96. The van der Waals surface area contributed by atoms with Crippen LogP contribution in [0.2, 0.25) is 0 Å². The van der Waals surface area contributed by atoms with Crippen LogP contribution in [0.4, 0.5) is 11.4 Å². The van der Waals surface area contributed by atoms with Crippen LogP contribution >= 0.6 is 0 Å². The van der Waals surface area contributed by atoms with Gasteiger partial charge in [-0.2, -0.15) is 5.06 Å².